The molecule has 0 bridgehead atoms. The van der Waals surface area contributed by atoms with Gasteiger partial charge in [0.1, 0.15) is 5.75 Å². The van der Waals surface area contributed by atoms with Crippen molar-refractivity contribution < 1.29 is 37.0 Å². The fourth-order valence-corrected chi connectivity index (χ4v) is 5.34. The summed E-state index contributed by atoms with van der Waals surface area (Å²) in [7, 11) is 1.57. The van der Waals surface area contributed by atoms with Crippen LogP contribution < -0.4 is 14.2 Å². The van der Waals surface area contributed by atoms with Gasteiger partial charge in [0.15, 0.2) is 11.5 Å². The highest BCUT2D eigenvalue weighted by Crippen LogP contribution is 2.35. The standard InChI is InChI=1S/C28H31F3N2O5/c1-36-24-11-8-20(14-25(24)37-17-19-4-5-19)27(35)32-15-21-3-2-12-33(23(21)16-32)26(34)13-18-6-9-22(10-7-18)38-28(29,30)31/h6-11,14,19,21,23H,2-5,12-13,15-17H2,1H3/t21-,23+/m1/s1. The molecule has 0 radical (unpaired) electrons. The Balaban J connectivity index is 1.23. The van der Waals surface area contributed by atoms with E-state index < -0.39 is 6.36 Å². The first-order valence-electron chi connectivity index (χ1n) is 12.9. The molecule has 2 aromatic rings. The highest BCUT2D eigenvalue weighted by molar-refractivity contribution is 5.95. The molecule has 1 saturated carbocycles. The van der Waals surface area contributed by atoms with Gasteiger partial charge in [0.2, 0.25) is 5.91 Å². The molecule has 1 aliphatic carbocycles. The highest BCUT2D eigenvalue weighted by atomic mass is 19.4. The van der Waals surface area contributed by atoms with Gasteiger partial charge < -0.3 is 24.0 Å². The summed E-state index contributed by atoms with van der Waals surface area (Å²) >= 11 is 0. The van der Waals surface area contributed by atoms with Gasteiger partial charge in [0.25, 0.3) is 5.91 Å². The lowest BCUT2D eigenvalue weighted by atomic mass is 9.91. The number of carbonyl (C=O) groups is 2. The van der Waals surface area contributed by atoms with E-state index in [0.717, 1.165) is 25.7 Å². The first kappa shape index (κ1) is 26.2. The molecular weight excluding hydrogens is 501 g/mol. The Morgan fingerprint density at radius 2 is 1.76 bits per heavy atom. The first-order chi connectivity index (χ1) is 18.2. The molecule has 0 spiro atoms. The Morgan fingerprint density at radius 1 is 1.00 bits per heavy atom. The number of methoxy groups -OCH3 is 1. The number of hydrogen-bond acceptors (Lipinski definition) is 5. The highest BCUT2D eigenvalue weighted by Gasteiger charge is 2.42. The maximum absolute atomic E-state index is 13.4. The predicted octanol–water partition coefficient (Wildman–Crippen LogP) is 4.69. The Morgan fingerprint density at radius 3 is 2.45 bits per heavy atom. The maximum atomic E-state index is 13.4. The molecule has 3 fully saturated rings. The number of carbonyl (C=O) groups excluding carboxylic acids is 2. The van der Waals surface area contributed by atoms with E-state index in [-0.39, 0.29) is 35.9 Å². The van der Waals surface area contributed by atoms with E-state index in [1.165, 1.54) is 24.3 Å². The molecule has 10 heteroatoms. The predicted molar refractivity (Wildman–Crippen MR) is 132 cm³/mol. The number of piperidine rings is 1. The number of ether oxygens (including phenoxy) is 3. The lowest BCUT2D eigenvalue weighted by Crippen LogP contribution is -2.49. The van der Waals surface area contributed by atoms with E-state index >= 15 is 0 Å². The van der Waals surface area contributed by atoms with Gasteiger partial charge in [-0.3, -0.25) is 9.59 Å². The summed E-state index contributed by atoms with van der Waals surface area (Å²) in [5.41, 5.74) is 1.13. The number of halogens is 3. The smallest absolute Gasteiger partial charge is 0.493 e. The molecular formula is C28H31F3N2O5. The Kier molecular flexibility index (Phi) is 7.40. The van der Waals surface area contributed by atoms with Gasteiger partial charge >= 0.3 is 6.36 Å². The second-order valence-electron chi connectivity index (χ2n) is 10.3. The van der Waals surface area contributed by atoms with E-state index in [9.17, 15) is 22.8 Å². The van der Waals surface area contributed by atoms with Crippen molar-refractivity contribution in [3.8, 4) is 17.2 Å². The fourth-order valence-electron chi connectivity index (χ4n) is 5.34. The molecule has 0 unspecified atom stereocenters. The molecule has 0 N–H and O–H groups in total. The molecule has 2 amide bonds. The van der Waals surface area contributed by atoms with Crippen molar-refractivity contribution in [3.05, 3.63) is 53.6 Å². The van der Waals surface area contributed by atoms with Crippen molar-refractivity contribution >= 4 is 11.8 Å². The van der Waals surface area contributed by atoms with E-state index in [4.69, 9.17) is 9.47 Å². The summed E-state index contributed by atoms with van der Waals surface area (Å²) in [6, 6.07) is 10.5. The van der Waals surface area contributed by atoms with Crippen molar-refractivity contribution in [2.45, 2.75) is 44.5 Å². The minimum atomic E-state index is -4.76. The molecule has 2 saturated heterocycles. The van der Waals surface area contributed by atoms with E-state index in [0.29, 0.717) is 54.8 Å². The van der Waals surface area contributed by atoms with Crippen molar-refractivity contribution in [1.82, 2.24) is 9.80 Å². The number of likely N-dealkylation sites (tertiary alicyclic amines) is 2. The van der Waals surface area contributed by atoms with E-state index in [1.54, 1.807) is 30.2 Å². The quantitative estimate of drug-likeness (QED) is 0.494. The van der Waals surface area contributed by atoms with Crippen LogP contribution in [-0.2, 0) is 11.2 Å². The molecule has 38 heavy (non-hydrogen) atoms. The monoisotopic (exact) mass is 532 g/mol. The molecule has 2 heterocycles. The Labute approximate surface area is 219 Å². The van der Waals surface area contributed by atoms with Crippen LogP contribution in [0.3, 0.4) is 0 Å². The van der Waals surface area contributed by atoms with Crippen molar-refractivity contribution in [3.63, 3.8) is 0 Å². The first-order valence-corrected chi connectivity index (χ1v) is 12.9. The van der Waals surface area contributed by atoms with Crippen LogP contribution in [0.1, 0.15) is 41.6 Å². The minimum absolute atomic E-state index is 0.0731. The largest absolute Gasteiger partial charge is 0.573 e. The Bertz CT molecular complexity index is 1170. The summed E-state index contributed by atoms with van der Waals surface area (Å²) in [4.78, 5) is 30.3. The van der Waals surface area contributed by atoms with Gasteiger partial charge in [-0.1, -0.05) is 12.1 Å². The lowest BCUT2D eigenvalue weighted by molar-refractivity contribution is -0.274. The van der Waals surface area contributed by atoms with Gasteiger partial charge in [-0.25, -0.2) is 0 Å². The third kappa shape index (κ3) is 6.16. The number of amides is 2. The number of nitrogens with zero attached hydrogens (tertiary/aromatic N) is 2. The molecule has 2 atom stereocenters. The van der Waals surface area contributed by atoms with Crippen LogP contribution in [0, 0.1) is 11.8 Å². The molecule has 204 valence electrons. The molecule has 2 aliphatic heterocycles. The second kappa shape index (κ2) is 10.7. The zero-order chi connectivity index (χ0) is 26.9. The average Bonchev–Trinajstić information content (AvgIpc) is 3.62. The summed E-state index contributed by atoms with van der Waals surface area (Å²) in [6.45, 7) is 2.22. The summed E-state index contributed by atoms with van der Waals surface area (Å²) < 4.78 is 52.5. The zero-order valence-corrected chi connectivity index (χ0v) is 21.2. The van der Waals surface area contributed by atoms with Gasteiger partial charge in [-0.05, 0) is 73.4 Å². The van der Waals surface area contributed by atoms with Crippen molar-refractivity contribution in [2.75, 3.05) is 33.4 Å². The summed E-state index contributed by atoms with van der Waals surface area (Å²) in [5.74, 6) is 1.37. The van der Waals surface area contributed by atoms with Gasteiger partial charge in [-0.15, -0.1) is 13.2 Å². The molecule has 5 rings (SSSR count). The number of benzene rings is 2. The number of alkyl halides is 3. The summed E-state index contributed by atoms with van der Waals surface area (Å²) in [5, 5.41) is 0. The Hall–Kier alpha value is -3.43. The lowest BCUT2D eigenvalue weighted by Gasteiger charge is -2.37. The van der Waals surface area contributed by atoms with Gasteiger partial charge in [0.05, 0.1) is 26.2 Å². The normalized spacial score (nSPS) is 21.2. The van der Waals surface area contributed by atoms with Crippen molar-refractivity contribution in [2.24, 2.45) is 11.8 Å². The second-order valence-corrected chi connectivity index (χ2v) is 10.3. The third-order valence-electron chi connectivity index (χ3n) is 7.48. The molecule has 3 aliphatic rings. The van der Waals surface area contributed by atoms with Crippen LogP contribution in [0.4, 0.5) is 13.2 Å². The van der Waals surface area contributed by atoms with E-state index in [2.05, 4.69) is 4.74 Å². The minimum Gasteiger partial charge on any atom is -0.493 e. The fraction of sp³-hybridized carbons (Fsp3) is 0.500. The summed E-state index contributed by atoms with van der Waals surface area (Å²) in [6.07, 6.45) is -0.601. The number of rotatable bonds is 8. The third-order valence-corrected chi connectivity index (χ3v) is 7.48. The molecule has 2 aromatic carbocycles. The van der Waals surface area contributed by atoms with Crippen molar-refractivity contribution in [1.29, 1.82) is 0 Å². The van der Waals surface area contributed by atoms with Crippen LogP contribution in [0.15, 0.2) is 42.5 Å². The molecule has 0 aromatic heterocycles. The van der Waals surface area contributed by atoms with Crippen LogP contribution >= 0.6 is 0 Å². The van der Waals surface area contributed by atoms with Gasteiger partial charge in [0, 0.05) is 25.2 Å². The van der Waals surface area contributed by atoms with Crippen LogP contribution in [0.2, 0.25) is 0 Å². The number of hydrogen-bond donors (Lipinski definition) is 0. The maximum Gasteiger partial charge on any atom is 0.573 e. The SMILES string of the molecule is COc1ccc(C(=O)N2C[C@H]3CCCN(C(=O)Cc4ccc(OC(F)(F)F)cc4)[C@H]3C2)cc1OCC1CC1. The van der Waals surface area contributed by atoms with Gasteiger partial charge in [-0.2, -0.15) is 0 Å². The average molecular weight is 533 g/mol. The van der Waals surface area contributed by atoms with Crippen LogP contribution in [0.25, 0.3) is 0 Å². The van der Waals surface area contributed by atoms with E-state index in [1.807, 2.05) is 4.90 Å². The van der Waals surface area contributed by atoms with Crippen LogP contribution in [0.5, 0.6) is 17.2 Å². The zero-order valence-electron chi connectivity index (χ0n) is 21.2. The van der Waals surface area contributed by atoms with Crippen LogP contribution in [-0.4, -0.2) is 67.4 Å². The molecule has 7 nitrogen and oxygen atoms in total. The number of fused-ring (bicyclic) bond motifs is 1. The topological polar surface area (TPSA) is 68.3 Å².